The molecular formula is C14H19BrN2O2. The molecule has 2 N–H and O–H groups in total. The molecule has 0 radical (unpaired) electrons. The summed E-state index contributed by atoms with van der Waals surface area (Å²) < 4.78 is 0.912. The van der Waals surface area contributed by atoms with E-state index in [2.05, 4.69) is 26.1 Å². The average Bonchev–Trinajstić information content (AvgIpc) is 2.46. The number of nitrogens with zero attached hydrogens (tertiary/aromatic N) is 1. The minimum Gasteiger partial charge on any atom is -0.392 e. The van der Waals surface area contributed by atoms with Gasteiger partial charge in [0.2, 0.25) is 5.91 Å². The Bertz CT molecular complexity index is 465. The Balaban J connectivity index is 2.13. The number of hydrogen-bond acceptors (Lipinski definition) is 3. The van der Waals surface area contributed by atoms with Crippen LogP contribution in [-0.4, -0.2) is 31.2 Å². The van der Waals surface area contributed by atoms with Crippen LogP contribution in [-0.2, 0) is 11.4 Å². The number of nitrogens with one attached hydrogen (secondary N) is 1. The number of aliphatic hydroxyl groups excluding tert-OH is 1. The first-order chi connectivity index (χ1) is 9.15. The predicted molar refractivity (Wildman–Crippen MR) is 79.1 cm³/mol. The van der Waals surface area contributed by atoms with E-state index in [1.165, 1.54) is 0 Å². The van der Waals surface area contributed by atoms with E-state index in [-0.39, 0.29) is 18.4 Å². The number of piperidine rings is 1. The zero-order chi connectivity index (χ0) is 13.8. The number of aliphatic hydroxyl groups is 1. The molecule has 0 spiro atoms. The van der Waals surface area contributed by atoms with E-state index < -0.39 is 0 Å². The Morgan fingerprint density at radius 3 is 3.00 bits per heavy atom. The number of amides is 1. The summed E-state index contributed by atoms with van der Waals surface area (Å²) in [6.07, 6.45) is 1.98. The van der Waals surface area contributed by atoms with Crippen LogP contribution >= 0.6 is 15.9 Å². The molecule has 1 fully saturated rings. The van der Waals surface area contributed by atoms with Crippen LogP contribution in [0.2, 0.25) is 0 Å². The van der Waals surface area contributed by atoms with Crippen LogP contribution < -0.4 is 10.2 Å². The third-order valence-corrected chi connectivity index (χ3v) is 4.35. The Morgan fingerprint density at radius 2 is 2.37 bits per heavy atom. The van der Waals surface area contributed by atoms with E-state index in [0.29, 0.717) is 0 Å². The van der Waals surface area contributed by atoms with Gasteiger partial charge in [-0.1, -0.05) is 22.0 Å². The summed E-state index contributed by atoms with van der Waals surface area (Å²) in [7, 11) is 1.69. The molecule has 1 aromatic rings. The Labute approximate surface area is 121 Å². The third-order valence-electron chi connectivity index (χ3n) is 3.61. The number of halogens is 1. The second-order valence-electron chi connectivity index (χ2n) is 4.83. The molecule has 1 amide bonds. The molecule has 19 heavy (non-hydrogen) atoms. The van der Waals surface area contributed by atoms with Crippen molar-refractivity contribution in [3.63, 3.8) is 0 Å². The molecule has 0 saturated carbocycles. The molecule has 1 aromatic carbocycles. The lowest BCUT2D eigenvalue weighted by molar-refractivity contribution is -0.124. The van der Waals surface area contributed by atoms with Crippen LogP contribution in [0.1, 0.15) is 18.4 Å². The summed E-state index contributed by atoms with van der Waals surface area (Å²) in [5.74, 6) is 0.186. The van der Waals surface area contributed by atoms with Crippen LogP contribution in [0, 0.1) is 5.92 Å². The second kappa shape index (κ2) is 6.39. The molecule has 1 aliphatic heterocycles. The van der Waals surface area contributed by atoms with E-state index >= 15 is 0 Å². The Hall–Kier alpha value is -1.07. The summed E-state index contributed by atoms with van der Waals surface area (Å²) in [6.45, 7) is 1.75. The lowest BCUT2D eigenvalue weighted by Crippen LogP contribution is -2.42. The van der Waals surface area contributed by atoms with Gasteiger partial charge in [0.1, 0.15) is 0 Å². The van der Waals surface area contributed by atoms with Gasteiger partial charge in [-0.3, -0.25) is 4.79 Å². The highest BCUT2D eigenvalue weighted by molar-refractivity contribution is 9.10. The van der Waals surface area contributed by atoms with Crippen LogP contribution in [0.4, 0.5) is 5.69 Å². The molecule has 0 aliphatic carbocycles. The van der Waals surface area contributed by atoms with Gasteiger partial charge in [0.05, 0.1) is 12.5 Å². The number of rotatable bonds is 3. The summed E-state index contributed by atoms with van der Waals surface area (Å²) >= 11 is 3.47. The zero-order valence-electron chi connectivity index (χ0n) is 11.0. The van der Waals surface area contributed by atoms with Gasteiger partial charge in [-0.25, -0.2) is 0 Å². The maximum absolute atomic E-state index is 11.7. The minimum atomic E-state index is 0.0295. The van der Waals surface area contributed by atoms with E-state index in [0.717, 1.165) is 41.7 Å². The number of carbonyl (C=O) groups is 1. The maximum Gasteiger partial charge on any atom is 0.224 e. The number of hydrogen-bond donors (Lipinski definition) is 2. The van der Waals surface area contributed by atoms with Crippen molar-refractivity contribution in [1.29, 1.82) is 0 Å². The van der Waals surface area contributed by atoms with Crippen molar-refractivity contribution in [1.82, 2.24) is 5.32 Å². The van der Waals surface area contributed by atoms with Gasteiger partial charge in [0, 0.05) is 30.3 Å². The fourth-order valence-electron chi connectivity index (χ4n) is 2.49. The van der Waals surface area contributed by atoms with Crippen molar-refractivity contribution in [3.05, 3.63) is 28.2 Å². The van der Waals surface area contributed by atoms with Gasteiger partial charge < -0.3 is 15.3 Å². The van der Waals surface area contributed by atoms with Gasteiger partial charge in [-0.15, -0.1) is 0 Å². The zero-order valence-corrected chi connectivity index (χ0v) is 12.6. The smallest absolute Gasteiger partial charge is 0.224 e. The number of benzene rings is 1. The SMILES string of the molecule is CNC(=O)C1CCCN(c2ccc(CO)c(Br)c2)C1. The third kappa shape index (κ3) is 3.28. The lowest BCUT2D eigenvalue weighted by Gasteiger charge is -2.33. The van der Waals surface area contributed by atoms with Crippen LogP contribution in [0.25, 0.3) is 0 Å². The van der Waals surface area contributed by atoms with Crippen molar-refractivity contribution in [2.45, 2.75) is 19.4 Å². The molecule has 0 aromatic heterocycles. The molecule has 2 rings (SSSR count). The molecule has 1 unspecified atom stereocenters. The normalized spacial score (nSPS) is 19.3. The second-order valence-corrected chi connectivity index (χ2v) is 5.69. The molecule has 1 saturated heterocycles. The average molecular weight is 327 g/mol. The first kappa shape index (κ1) is 14.3. The van der Waals surface area contributed by atoms with Crippen LogP contribution in [0.15, 0.2) is 22.7 Å². The maximum atomic E-state index is 11.7. The quantitative estimate of drug-likeness (QED) is 0.892. The lowest BCUT2D eigenvalue weighted by atomic mass is 9.96. The molecule has 4 nitrogen and oxygen atoms in total. The highest BCUT2D eigenvalue weighted by Crippen LogP contribution is 2.28. The summed E-state index contributed by atoms with van der Waals surface area (Å²) in [5, 5.41) is 11.9. The van der Waals surface area contributed by atoms with Crippen molar-refractivity contribution in [2.24, 2.45) is 5.92 Å². The van der Waals surface area contributed by atoms with E-state index in [9.17, 15) is 4.79 Å². The molecule has 5 heteroatoms. The van der Waals surface area contributed by atoms with Gasteiger partial charge >= 0.3 is 0 Å². The first-order valence-electron chi connectivity index (χ1n) is 6.51. The summed E-state index contributed by atoms with van der Waals surface area (Å²) in [4.78, 5) is 14.0. The molecule has 1 aliphatic rings. The topological polar surface area (TPSA) is 52.6 Å². The van der Waals surface area contributed by atoms with Crippen LogP contribution in [0.3, 0.4) is 0 Å². The Kier molecular flexibility index (Phi) is 4.82. The highest BCUT2D eigenvalue weighted by Gasteiger charge is 2.25. The predicted octanol–water partition coefficient (Wildman–Crippen LogP) is 1.90. The van der Waals surface area contributed by atoms with Gasteiger partial charge in [0.15, 0.2) is 0 Å². The largest absolute Gasteiger partial charge is 0.392 e. The van der Waals surface area contributed by atoms with Crippen molar-refractivity contribution >= 4 is 27.5 Å². The van der Waals surface area contributed by atoms with Gasteiger partial charge in [-0.05, 0) is 30.5 Å². The van der Waals surface area contributed by atoms with Crippen molar-refractivity contribution < 1.29 is 9.90 Å². The fraction of sp³-hybridized carbons (Fsp3) is 0.500. The highest BCUT2D eigenvalue weighted by atomic mass is 79.9. The van der Waals surface area contributed by atoms with E-state index in [1.54, 1.807) is 7.05 Å². The van der Waals surface area contributed by atoms with Crippen molar-refractivity contribution in [2.75, 3.05) is 25.0 Å². The number of anilines is 1. The molecule has 0 bridgehead atoms. The van der Waals surface area contributed by atoms with Crippen molar-refractivity contribution in [3.8, 4) is 0 Å². The fourth-order valence-corrected chi connectivity index (χ4v) is 2.98. The molecular weight excluding hydrogens is 308 g/mol. The monoisotopic (exact) mass is 326 g/mol. The minimum absolute atomic E-state index is 0.0295. The van der Waals surface area contributed by atoms with E-state index in [4.69, 9.17) is 5.11 Å². The molecule has 1 heterocycles. The number of carbonyl (C=O) groups excluding carboxylic acids is 1. The van der Waals surface area contributed by atoms with Gasteiger partial charge in [-0.2, -0.15) is 0 Å². The molecule has 1 atom stereocenters. The summed E-state index contributed by atoms with van der Waals surface area (Å²) in [6, 6.07) is 5.93. The summed E-state index contributed by atoms with van der Waals surface area (Å²) in [5.41, 5.74) is 1.97. The van der Waals surface area contributed by atoms with Gasteiger partial charge in [0.25, 0.3) is 0 Å². The molecule has 104 valence electrons. The Morgan fingerprint density at radius 1 is 1.58 bits per heavy atom. The first-order valence-corrected chi connectivity index (χ1v) is 7.31. The standard InChI is InChI=1S/C14H19BrN2O2/c1-16-14(19)10-3-2-6-17(8-10)12-5-4-11(9-18)13(15)7-12/h4-5,7,10,18H,2-3,6,8-9H2,1H3,(H,16,19). The van der Waals surface area contributed by atoms with E-state index in [1.807, 2.05) is 18.2 Å². The van der Waals surface area contributed by atoms with Crippen LogP contribution in [0.5, 0.6) is 0 Å².